The fourth-order valence-corrected chi connectivity index (χ4v) is 1.78. The Kier molecular flexibility index (Phi) is 3.62. The standard InChI is InChI=1S/C14H12ClNO3/c1-8-2-3-10(6-13(8)15)16-14(19)9-4-11(17)7-12(18)5-9/h2-7,17-18H,1H3,(H,16,19). The third-order valence-corrected chi connectivity index (χ3v) is 3.00. The van der Waals surface area contributed by atoms with Crippen LogP contribution in [0, 0.1) is 6.92 Å². The highest BCUT2D eigenvalue weighted by Gasteiger charge is 2.09. The Balaban J connectivity index is 2.22. The van der Waals surface area contributed by atoms with E-state index in [0.717, 1.165) is 11.6 Å². The zero-order valence-electron chi connectivity index (χ0n) is 10.1. The van der Waals surface area contributed by atoms with E-state index < -0.39 is 5.91 Å². The van der Waals surface area contributed by atoms with Crippen LogP contribution in [0.3, 0.4) is 0 Å². The maximum Gasteiger partial charge on any atom is 0.255 e. The average Bonchev–Trinajstić information content (AvgIpc) is 2.32. The van der Waals surface area contributed by atoms with Gasteiger partial charge in [-0.25, -0.2) is 0 Å². The van der Waals surface area contributed by atoms with Crippen LogP contribution in [0.5, 0.6) is 11.5 Å². The van der Waals surface area contributed by atoms with E-state index in [2.05, 4.69) is 5.32 Å². The van der Waals surface area contributed by atoms with Crippen LogP contribution in [-0.2, 0) is 0 Å². The lowest BCUT2D eigenvalue weighted by atomic mass is 10.1. The van der Waals surface area contributed by atoms with Crippen LogP contribution < -0.4 is 5.32 Å². The number of carbonyl (C=O) groups is 1. The van der Waals surface area contributed by atoms with E-state index in [-0.39, 0.29) is 17.1 Å². The molecule has 0 aliphatic rings. The van der Waals surface area contributed by atoms with Gasteiger partial charge in [-0.05, 0) is 36.8 Å². The molecule has 0 atom stereocenters. The van der Waals surface area contributed by atoms with Crippen LogP contribution in [0.1, 0.15) is 15.9 Å². The summed E-state index contributed by atoms with van der Waals surface area (Å²) in [5, 5.41) is 21.8. The van der Waals surface area contributed by atoms with Gasteiger partial charge in [0.05, 0.1) is 0 Å². The summed E-state index contributed by atoms with van der Waals surface area (Å²) in [6.45, 7) is 1.86. The first-order valence-electron chi connectivity index (χ1n) is 5.56. The van der Waals surface area contributed by atoms with Gasteiger partial charge in [0.15, 0.2) is 0 Å². The molecular formula is C14H12ClNO3. The first-order chi connectivity index (χ1) is 8.95. The topological polar surface area (TPSA) is 69.6 Å². The number of aryl methyl sites for hydroxylation is 1. The Hall–Kier alpha value is -2.20. The number of hydrogen-bond acceptors (Lipinski definition) is 3. The van der Waals surface area contributed by atoms with E-state index in [1.54, 1.807) is 18.2 Å². The first kappa shape index (κ1) is 13.2. The summed E-state index contributed by atoms with van der Waals surface area (Å²) in [5.41, 5.74) is 1.62. The van der Waals surface area contributed by atoms with Gasteiger partial charge in [0, 0.05) is 22.3 Å². The third-order valence-electron chi connectivity index (χ3n) is 2.59. The summed E-state index contributed by atoms with van der Waals surface area (Å²) in [6.07, 6.45) is 0. The minimum absolute atomic E-state index is 0.161. The number of benzene rings is 2. The highest BCUT2D eigenvalue weighted by atomic mass is 35.5. The molecule has 0 fully saturated rings. The highest BCUT2D eigenvalue weighted by molar-refractivity contribution is 6.31. The predicted molar refractivity (Wildman–Crippen MR) is 73.9 cm³/mol. The fraction of sp³-hybridized carbons (Fsp3) is 0.0714. The monoisotopic (exact) mass is 277 g/mol. The van der Waals surface area contributed by atoms with Crippen molar-refractivity contribution in [1.82, 2.24) is 0 Å². The SMILES string of the molecule is Cc1ccc(NC(=O)c2cc(O)cc(O)c2)cc1Cl. The van der Waals surface area contributed by atoms with Gasteiger partial charge in [-0.1, -0.05) is 17.7 Å². The number of anilines is 1. The van der Waals surface area contributed by atoms with Gasteiger partial charge in [0.1, 0.15) is 11.5 Å². The van der Waals surface area contributed by atoms with Gasteiger partial charge < -0.3 is 15.5 Å². The second-order valence-electron chi connectivity index (χ2n) is 4.16. The molecule has 19 heavy (non-hydrogen) atoms. The summed E-state index contributed by atoms with van der Waals surface area (Å²) in [5.74, 6) is -0.787. The molecule has 2 aromatic rings. The molecule has 2 rings (SSSR count). The molecule has 0 unspecified atom stereocenters. The summed E-state index contributed by atoms with van der Waals surface area (Å²) in [7, 11) is 0. The van der Waals surface area contributed by atoms with Gasteiger partial charge in [-0.3, -0.25) is 4.79 Å². The summed E-state index contributed by atoms with van der Waals surface area (Å²) in [6, 6.07) is 8.84. The minimum atomic E-state index is -0.439. The molecule has 0 spiro atoms. The van der Waals surface area contributed by atoms with Crippen molar-refractivity contribution in [3.8, 4) is 11.5 Å². The lowest BCUT2D eigenvalue weighted by Gasteiger charge is -2.07. The fourth-order valence-electron chi connectivity index (χ4n) is 1.60. The number of carbonyl (C=O) groups excluding carboxylic acids is 1. The Morgan fingerprint density at radius 1 is 1.11 bits per heavy atom. The van der Waals surface area contributed by atoms with E-state index >= 15 is 0 Å². The molecule has 0 saturated carbocycles. The molecule has 5 heteroatoms. The van der Waals surface area contributed by atoms with Gasteiger partial charge in [0.25, 0.3) is 5.91 Å². The Bertz CT molecular complexity index is 620. The van der Waals surface area contributed by atoms with Crippen molar-refractivity contribution in [2.45, 2.75) is 6.92 Å². The van der Waals surface area contributed by atoms with Crippen molar-refractivity contribution in [2.24, 2.45) is 0 Å². The van der Waals surface area contributed by atoms with Crippen molar-refractivity contribution in [3.05, 3.63) is 52.5 Å². The molecule has 0 saturated heterocycles. The largest absolute Gasteiger partial charge is 0.508 e. The lowest BCUT2D eigenvalue weighted by molar-refractivity contribution is 0.102. The van der Waals surface area contributed by atoms with E-state index in [0.29, 0.717) is 10.7 Å². The predicted octanol–water partition coefficient (Wildman–Crippen LogP) is 3.31. The second kappa shape index (κ2) is 5.20. The molecule has 0 aliphatic heterocycles. The summed E-state index contributed by atoms with van der Waals surface area (Å²) in [4.78, 5) is 11.9. The van der Waals surface area contributed by atoms with E-state index in [4.69, 9.17) is 11.6 Å². The molecule has 0 bridgehead atoms. The van der Waals surface area contributed by atoms with Crippen LogP contribution in [-0.4, -0.2) is 16.1 Å². The molecule has 0 aliphatic carbocycles. The number of rotatable bonds is 2. The number of halogens is 1. The summed E-state index contributed by atoms with van der Waals surface area (Å²) >= 11 is 5.96. The molecule has 0 heterocycles. The average molecular weight is 278 g/mol. The van der Waals surface area contributed by atoms with Crippen LogP contribution in [0.2, 0.25) is 5.02 Å². The van der Waals surface area contributed by atoms with E-state index in [9.17, 15) is 15.0 Å². The maximum atomic E-state index is 11.9. The molecule has 0 radical (unpaired) electrons. The minimum Gasteiger partial charge on any atom is -0.508 e. The zero-order chi connectivity index (χ0) is 14.0. The molecule has 4 nitrogen and oxygen atoms in total. The molecule has 0 aromatic heterocycles. The van der Waals surface area contributed by atoms with Gasteiger partial charge >= 0.3 is 0 Å². The van der Waals surface area contributed by atoms with Gasteiger partial charge in [-0.2, -0.15) is 0 Å². The molecule has 1 amide bonds. The Morgan fingerprint density at radius 2 is 1.74 bits per heavy atom. The first-order valence-corrected chi connectivity index (χ1v) is 5.94. The van der Waals surface area contributed by atoms with Crippen LogP contribution in [0.4, 0.5) is 5.69 Å². The van der Waals surface area contributed by atoms with Gasteiger partial charge in [-0.15, -0.1) is 0 Å². The highest BCUT2D eigenvalue weighted by Crippen LogP contribution is 2.23. The quantitative estimate of drug-likeness (QED) is 0.789. The van der Waals surface area contributed by atoms with Crippen LogP contribution in [0.25, 0.3) is 0 Å². The zero-order valence-corrected chi connectivity index (χ0v) is 10.9. The van der Waals surface area contributed by atoms with E-state index in [1.165, 1.54) is 12.1 Å². The van der Waals surface area contributed by atoms with Crippen molar-refractivity contribution < 1.29 is 15.0 Å². The summed E-state index contributed by atoms with van der Waals surface area (Å²) < 4.78 is 0. The van der Waals surface area contributed by atoms with Crippen LogP contribution in [0.15, 0.2) is 36.4 Å². The van der Waals surface area contributed by atoms with E-state index in [1.807, 2.05) is 6.92 Å². The third kappa shape index (κ3) is 3.17. The number of amides is 1. The molecular weight excluding hydrogens is 266 g/mol. The molecule has 2 aromatic carbocycles. The smallest absolute Gasteiger partial charge is 0.255 e. The Labute approximate surface area is 115 Å². The number of phenolic OH excluding ortho intramolecular Hbond substituents is 2. The van der Waals surface area contributed by atoms with Crippen molar-refractivity contribution in [1.29, 1.82) is 0 Å². The van der Waals surface area contributed by atoms with Crippen molar-refractivity contribution in [2.75, 3.05) is 5.32 Å². The number of nitrogens with one attached hydrogen (secondary N) is 1. The van der Waals surface area contributed by atoms with Crippen molar-refractivity contribution >= 4 is 23.2 Å². The number of aromatic hydroxyl groups is 2. The molecule has 98 valence electrons. The molecule has 3 N–H and O–H groups in total. The number of hydrogen-bond donors (Lipinski definition) is 3. The van der Waals surface area contributed by atoms with Crippen molar-refractivity contribution in [3.63, 3.8) is 0 Å². The Morgan fingerprint density at radius 3 is 2.32 bits per heavy atom. The normalized spacial score (nSPS) is 10.2. The second-order valence-corrected chi connectivity index (χ2v) is 4.56. The maximum absolute atomic E-state index is 11.9. The number of phenols is 2. The van der Waals surface area contributed by atoms with Gasteiger partial charge in [0.2, 0.25) is 0 Å². The lowest BCUT2D eigenvalue weighted by Crippen LogP contribution is -2.11. The van der Waals surface area contributed by atoms with Crippen LogP contribution >= 0.6 is 11.6 Å².